The van der Waals surface area contributed by atoms with Crippen molar-refractivity contribution >= 4 is 50.8 Å². The third-order valence-corrected chi connectivity index (χ3v) is 8.66. The Balaban J connectivity index is 1.24. The van der Waals surface area contributed by atoms with E-state index in [1.54, 1.807) is 0 Å². The third kappa shape index (κ3) is 3.85. The molecular weight excluding hydrogens is 482 g/mol. The molecule has 0 unspecified atom stereocenters. The van der Waals surface area contributed by atoms with Crippen molar-refractivity contribution in [3.05, 3.63) is 149 Å². The van der Waals surface area contributed by atoms with Crippen molar-refractivity contribution in [2.75, 3.05) is 4.90 Å². The summed E-state index contributed by atoms with van der Waals surface area (Å²) < 4.78 is 0. The molecular formula is C39H33N. The van der Waals surface area contributed by atoms with E-state index in [-0.39, 0.29) is 5.41 Å². The zero-order chi connectivity index (χ0) is 27.4. The fourth-order valence-electron chi connectivity index (χ4n) is 6.48. The summed E-state index contributed by atoms with van der Waals surface area (Å²) in [5.74, 6) is 0. The zero-order valence-corrected chi connectivity index (χ0v) is 23.6. The lowest BCUT2D eigenvalue weighted by Gasteiger charge is -2.28. The Kier molecular flexibility index (Phi) is 5.64. The number of hydrogen-bond donors (Lipinski definition) is 0. The van der Waals surface area contributed by atoms with Gasteiger partial charge in [-0.1, -0.05) is 111 Å². The molecule has 0 aliphatic heterocycles. The number of benzene rings is 6. The molecule has 1 aliphatic rings. The highest BCUT2D eigenvalue weighted by atomic mass is 15.1. The highest BCUT2D eigenvalue weighted by Crippen LogP contribution is 2.49. The highest BCUT2D eigenvalue weighted by Gasteiger charge is 2.33. The molecule has 0 saturated carbocycles. The van der Waals surface area contributed by atoms with E-state index in [1.165, 1.54) is 66.3 Å². The molecule has 1 nitrogen and oxygen atoms in total. The maximum Gasteiger partial charge on any atom is 0.0490 e. The number of rotatable bonds is 5. The Morgan fingerprint density at radius 1 is 0.525 bits per heavy atom. The summed E-state index contributed by atoms with van der Waals surface area (Å²) in [7, 11) is 0. The first-order valence-electron chi connectivity index (χ1n) is 14.1. The lowest BCUT2D eigenvalue weighted by atomic mass is 9.81. The van der Waals surface area contributed by atoms with Gasteiger partial charge in [-0.3, -0.25) is 0 Å². The van der Waals surface area contributed by atoms with Crippen LogP contribution in [0.1, 0.15) is 47.2 Å². The van der Waals surface area contributed by atoms with Gasteiger partial charge in [-0.15, -0.1) is 0 Å². The molecule has 6 aromatic carbocycles. The van der Waals surface area contributed by atoms with Crippen LogP contribution in [0.25, 0.3) is 33.7 Å². The van der Waals surface area contributed by atoms with Crippen LogP contribution in [-0.2, 0) is 5.41 Å². The second-order valence-electron chi connectivity index (χ2n) is 11.6. The molecule has 0 amide bonds. The van der Waals surface area contributed by atoms with Crippen molar-refractivity contribution in [3.8, 4) is 0 Å². The Labute approximate surface area is 237 Å². The molecule has 0 N–H and O–H groups in total. The SMILES string of the molecule is Cc1ccccc1N(c1ccc(/C=C/c2cc3c4c(ccc5cccc(c54)C3(C)C)c2)cc1)c1ccccc1C. The standard InChI is InChI=1S/C39H33N/c1-26-10-5-7-14-35(26)40(36-15-8-6-11-27(36)2)32-22-18-28(19-23-32)16-17-29-24-31-21-20-30-12-9-13-33-37(30)38(31)34(25-29)39(33,3)4/h5-25H,1-4H3/b17-16+. The van der Waals surface area contributed by atoms with Gasteiger partial charge in [-0.2, -0.15) is 0 Å². The van der Waals surface area contributed by atoms with Crippen molar-refractivity contribution in [1.29, 1.82) is 0 Å². The first-order chi connectivity index (χ1) is 19.4. The van der Waals surface area contributed by atoms with E-state index in [0.29, 0.717) is 0 Å². The molecule has 0 aromatic heterocycles. The van der Waals surface area contributed by atoms with E-state index >= 15 is 0 Å². The quantitative estimate of drug-likeness (QED) is 0.163. The second-order valence-corrected chi connectivity index (χ2v) is 11.6. The Hall–Kier alpha value is -4.62. The first kappa shape index (κ1) is 24.4. The summed E-state index contributed by atoms with van der Waals surface area (Å²) in [5, 5.41) is 5.51. The van der Waals surface area contributed by atoms with Crippen molar-refractivity contribution in [3.63, 3.8) is 0 Å². The van der Waals surface area contributed by atoms with Crippen LogP contribution in [0.4, 0.5) is 17.1 Å². The first-order valence-corrected chi connectivity index (χ1v) is 14.1. The van der Waals surface area contributed by atoms with E-state index in [4.69, 9.17) is 0 Å². The van der Waals surface area contributed by atoms with Gasteiger partial charge in [-0.25, -0.2) is 0 Å². The van der Waals surface area contributed by atoms with Gasteiger partial charge in [0.25, 0.3) is 0 Å². The van der Waals surface area contributed by atoms with Gasteiger partial charge in [0.1, 0.15) is 0 Å². The summed E-state index contributed by atoms with van der Waals surface area (Å²) >= 11 is 0. The number of hydrogen-bond acceptors (Lipinski definition) is 1. The maximum atomic E-state index is 2.39. The minimum atomic E-state index is 0.00153. The molecule has 0 spiro atoms. The van der Waals surface area contributed by atoms with Crippen molar-refractivity contribution in [1.82, 2.24) is 0 Å². The zero-order valence-electron chi connectivity index (χ0n) is 23.6. The number of anilines is 3. The monoisotopic (exact) mass is 515 g/mol. The van der Waals surface area contributed by atoms with Crippen molar-refractivity contribution in [2.24, 2.45) is 0 Å². The van der Waals surface area contributed by atoms with E-state index in [2.05, 4.69) is 160 Å². The molecule has 0 fully saturated rings. The maximum absolute atomic E-state index is 2.39. The van der Waals surface area contributed by atoms with Crippen LogP contribution >= 0.6 is 0 Å². The fourth-order valence-corrected chi connectivity index (χ4v) is 6.48. The molecule has 1 heteroatoms. The van der Waals surface area contributed by atoms with Gasteiger partial charge in [0.2, 0.25) is 0 Å². The van der Waals surface area contributed by atoms with Gasteiger partial charge < -0.3 is 4.90 Å². The molecule has 7 rings (SSSR count). The Morgan fingerprint density at radius 3 is 1.80 bits per heavy atom. The molecule has 0 saturated heterocycles. The Morgan fingerprint density at radius 2 is 1.12 bits per heavy atom. The van der Waals surface area contributed by atoms with Crippen LogP contribution < -0.4 is 4.90 Å². The molecule has 0 atom stereocenters. The minimum absolute atomic E-state index is 0.00153. The van der Waals surface area contributed by atoms with Crippen LogP contribution in [-0.4, -0.2) is 0 Å². The number of aryl methyl sites for hydroxylation is 2. The second kappa shape index (κ2) is 9.24. The Bertz CT molecular complexity index is 1890. The normalized spacial score (nSPS) is 13.6. The van der Waals surface area contributed by atoms with Gasteiger partial charge >= 0.3 is 0 Å². The predicted molar refractivity (Wildman–Crippen MR) is 173 cm³/mol. The van der Waals surface area contributed by atoms with Crippen molar-refractivity contribution < 1.29 is 0 Å². The summed E-state index contributed by atoms with van der Waals surface area (Å²) in [5.41, 5.74) is 11.4. The van der Waals surface area contributed by atoms with E-state index in [9.17, 15) is 0 Å². The average Bonchev–Trinajstić information content (AvgIpc) is 3.21. The summed E-state index contributed by atoms with van der Waals surface area (Å²) in [4.78, 5) is 2.36. The fraction of sp³-hybridized carbons (Fsp3) is 0.128. The summed E-state index contributed by atoms with van der Waals surface area (Å²) in [6.07, 6.45) is 4.49. The van der Waals surface area contributed by atoms with Crippen LogP contribution in [0.3, 0.4) is 0 Å². The van der Waals surface area contributed by atoms with E-state index in [1.807, 2.05) is 0 Å². The lowest BCUT2D eigenvalue weighted by molar-refractivity contribution is 0.662. The predicted octanol–water partition coefficient (Wildman–Crippen LogP) is 10.9. The average molecular weight is 516 g/mol. The summed E-state index contributed by atoms with van der Waals surface area (Å²) in [6.45, 7) is 9.07. The highest BCUT2D eigenvalue weighted by molar-refractivity contribution is 6.15. The van der Waals surface area contributed by atoms with Crippen LogP contribution in [0, 0.1) is 13.8 Å². The van der Waals surface area contributed by atoms with Crippen LogP contribution in [0.5, 0.6) is 0 Å². The molecule has 0 radical (unpaired) electrons. The van der Waals surface area contributed by atoms with Crippen molar-refractivity contribution in [2.45, 2.75) is 33.1 Å². The molecule has 1 aliphatic carbocycles. The van der Waals surface area contributed by atoms with E-state index < -0.39 is 0 Å². The van der Waals surface area contributed by atoms with E-state index in [0.717, 1.165) is 5.69 Å². The molecule has 194 valence electrons. The molecule has 6 aromatic rings. The van der Waals surface area contributed by atoms with Gasteiger partial charge in [0.15, 0.2) is 0 Å². The number of para-hydroxylation sites is 2. The summed E-state index contributed by atoms with van der Waals surface area (Å²) in [6, 6.07) is 42.1. The molecule has 0 bridgehead atoms. The smallest absolute Gasteiger partial charge is 0.0490 e. The van der Waals surface area contributed by atoms with Crippen LogP contribution in [0.15, 0.2) is 115 Å². The topological polar surface area (TPSA) is 3.24 Å². The third-order valence-electron chi connectivity index (χ3n) is 8.66. The largest absolute Gasteiger partial charge is 0.310 e. The number of nitrogens with zero attached hydrogens (tertiary/aromatic N) is 1. The van der Waals surface area contributed by atoms with Crippen LogP contribution in [0.2, 0.25) is 0 Å². The van der Waals surface area contributed by atoms with Gasteiger partial charge in [-0.05, 0) is 99.1 Å². The van der Waals surface area contributed by atoms with Gasteiger partial charge in [0, 0.05) is 22.5 Å². The van der Waals surface area contributed by atoms with Gasteiger partial charge in [0.05, 0.1) is 0 Å². The molecule has 0 heterocycles. The lowest BCUT2D eigenvalue weighted by Crippen LogP contribution is -2.15. The minimum Gasteiger partial charge on any atom is -0.310 e. The molecule has 40 heavy (non-hydrogen) atoms.